The first-order chi connectivity index (χ1) is 6.12. The van der Waals surface area contributed by atoms with Gasteiger partial charge in [0.15, 0.2) is 0 Å². The summed E-state index contributed by atoms with van der Waals surface area (Å²) >= 11 is 0. The summed E-state index contributed by atoms with van der Waals surface area (Å²) < 4.78 is 4.71. The Kier molecular flexibility index (Phi) is 2.86. The summed E-state index contributed by atoms with van der Waals surface area (Å²) in [6.45, 7) is 1.87. The van der Waals surface area contributed by atoms with Crippen LogP contribution in [0.15, 0.2) is 11.6 Å². The smallest absolute Gasteiger partial charge is 0.311 e. The van der Waals surface area contributed by atoms with Crippen LogP contribution in [0, 0.1) is 5.41 Å². The third-order valence-electron chi connectivity index (χ3n) is 2.61. The van der Waals surface area contributed by atoms with Crippen LogP contribution < -0.4 is 0 Å². The molecule has 0 amide bonds. The molecule has 1 atom stereocenters. The van der Waals surface area contributed by atoms with Crippen LogP contribution in [0.4, 0.5) is 0 Å². The second-order valence-electron chi connectivity index (χ2n) is 3.65. The molecule has 0 saturated carbocycles. The number of aldehydes is 1. The summed E-state index contributed by atoms with van der Waals surface area (Å²) in [7, 11) is 1.40. The number of ether oxygens (including phenoxy) is 1. The zero-order chi connectivity index (χ0) is 9.90. The fourth-order valence-corrected chi connectivity index (χ4v) is 1.52. The molecule has 0 saturated heterocycles. The van der Waals surface area contributed by atoms with Crippen LogP contribution >= 0.6 is 0 Å². The molecule has 0 aliphatic heterocycles. The van der Waals surface area contributed by atoms with Crippen LogP contribution in [0.1, 0.15) is 26.2 Å². The lowest BCUT2D eigenvalue weighted by Crippen LogP contribution is -2.30. The van der Waals surface area contributed by atoms with Crippen molar-refractivity contribution < 1.29 is 14.3 Å². The van der Waals surface area contributed by atoms with E-state index in [-0.39, 0.29) is 5.97 Å². The molecule has 0 heterocycles. The van der Waals surface area contributed by atoms with Gasteiger partial charge in [-0.05, 0) is 31.8 Å². The van der Waals surface area contributed by atoms with E-state index < -0.39 is 5.41 Å². The van der Waals surface area contributed by atoms with Crippen molar-refractivity contribution in [2.75, 3.05) is 7.11 Å². The third kappa shape index (κ3) is 1.97. The van der Waals surface area contributed by atoms with Crippen LogP contribution in [-0.4, -0.2) is 19.4 Å². The van der Waals surface area contributed by atoms with E-state index in [4.69, 9.17) is 4.74 Å². The van der Waals surface area contributed by atoms with E-state index in [0.717, 1.165) is 11.9 Å². The molecule has 1 unspecified atom stereocenters. The summed E-state index contributed by atoms with van der Waals surface area (Å²) in [5.74, 6) is -0.186. The molecule has 72 valence electrons. The number of hydrogen-bond donors (Lipinski definition) is 0. The highest BCUT2D eigenvalue weighted by atomic mass is 16.5. The van der Waals surface area contributed by atoms with Crippen LogP contribution in [0.3, 0.4) is 0 Å². The quantitative estimate of drug-likeness (QED) is 0.480. The standard InChI is InChI=1S/C10H14O3/c1-10(9(12)13-2)5-3-8(7-11)4-6-10/h3,7H,4-6H2,1-2H3. The summed E-state index contributed by atoms with van der Waals surface area (Å²) in [6.07, 6.45) is 4.66. The Morgan fingerprint density at radius 2 is 2.38 bits per heavy atom. The van der Waals surface area contributed by atoms with Gasteiger partial charge in [-0.15, -0.1) is 0 Å². The number of rotatable bonds is 2. The number of esters is 1. The number of allylic oxidation sites excluding steroid dienone is 2. The van der Waals surface area contributed by atoms with E-state index in [2.05, 4.69) is 0 Å². The first-order valence-electron chi connectivity index (χ1n) is 4.35. The second kappa shape index (κ2) is 3.73. The van der Waals surface area contributed by atoms with Gasteiger partial charge in [0.1, 0.15) is 6.29 Å². The molecule has 0 fully saturated rings. The van der Waals surface area contributed by atoms with Crippen molar-refractivity contribution in [3.05, 3.63) is 11.6 Å². The predicted octanol–water partition coefficient (Wildman–Crippen LogP) is 1.47. The lowest BCUT2D eigenvalue weighted by molar-refractivity contribution is -0.152. The first kappa shape index (κ1) is 9.96. The number of carbonyl (C=O) groups is 2. The molecule has 1 aliphatic carbocycles. The molecule has 0 N–H and O–H groups in total. The van der Waals surface area contributed by atoms with Crippen molar-refractivity contribution in [1.29, 1.82) is 0 Å². The minimum absolute atomic E-state index is 0.186. The Morgan fingerprint density at radius 3 is 2.77 bits per heavy atom. The van der Waals surface area contributed by atoms with Gasteiger partial charge < -0.3 is 4.74 Å². The summed E-state index contributed by atoms with van der Waals surface area (Å²) in [5, 5.41) is 0. The fourth-order valence-electron chi connectivity index (χ4n) is 1.52. The van der Waals surface area contributed by atoms with E-state index in [1.807, 2.05) is 13.0 Å². The third-order valence-corrected chi connectivity index (χ3v) is 2.61. The SMILES string of the molecule is COC(=O)C1(C)CC=C(C=O)CC1. The van der Waals surface area contributed by atoms with Crippen molar-refractivity contribution in [2.45, 2.75) is 26.2 Å². The summed E-state index contributed by atoms with van der Waals surface area (Å²) in [5.41, 5.74) is 0.364. The van der Waals surface area contributed by atoms with Gasteiger partial charge in [0.25, 0.3) is 0 Å². The topological polar surface area (TPSA) is 43.4 Å². The normalized spacial score (nSPS) is 27.7. The van der Waals surface area contributed by atoms with E-state index in [0.29, 0.717) is 19.3 Å². The van der Waals surface area contributed by atoms with Crippen molar-refractivity contribution in [3.63, 3.8) is 0 Å². The van der Waals surface area contributed by atoms with Crippen LogP contribution in [0.25, 0.3) is 0 Å². The van der Waals surface area contributed by atoms with Gasteiger partial charge in [-0.3, -0.25) is 9.59 Å². The number of methoxy groups -OCH3 is 1. The van der Waals surface area contributed by atoms with Gasteiger partial charge in [-0.2, -0.15) is 0 Å². The minimum atomic E-state index is -0.429. The average molecular weight is 182 g/mol. The zero-order valence-corrected chi connectivity index (χ0v) is 8.00. The van der Waals surface area contributed by atoms with Crippen LogP contribution in [-0.2, 0) is 14.3 Å². The van der Waals surface area contributed by atoms with E-state index >= 15 is 0 Å². The van der Waals surface area contributed by atoms with Crippen molar-refractivity contribution in [3.8, 4) is 0 Å². The molecule has 0 radical (unpaired) electrons. The highest BCUT2D eigenvalue weighted by Crippen LogP contribution is 2.35. The molecule has 0 spiro atoms. The Morgan fingerprint density at radius 1 is 1.69 bits per heavy atom. The molecule has 0 bridgehead atoms. The maximum Gasteiger partial charge on any atom is 0.311 e. The van der Waals surface area contributed by atoms with Gasteiger partial charge in [0.05, 0.1) is 12.5 Å². The highest BCUT2D eigenvalue weighted by Gasteiger charge is 2.35. The zero-order valence-electron chi connectivity index (χ0n) is 8.00. The monoisotopic (exact) mass is 182 g/mol. The molecular weight excluding hydrogens is 168 g/mol. The Balaban J connectivity index is 2.72. The van der Waals surface area contributed by atoms with Gasteiger partial charge in [0.2, 0.25) is 0 Å². The Bertz CT molecular complexity index is 255. The average Bonchev–Trinajstić information content (AvgIpc) is 2.18. The molecule has 1 aliphatic rings. The lowest BCUT2D eigenvalue weighted by atomic mass is 9.77. The Labute approximate surface area is 77.8 Å². The van der Waals surface area contributed by atoms with Crippen LogP contribution in [0.5, 0.6) is 0 Å². The lowest BCUT2D eigenvalue weighted by Gasteiger charge is -2.28. The van der Waals surface area contributed by atoms with Gasteiger partial charge in [-0.25, -0.2) is 0 Å². The number of hydrogen-bond acceptors (Lipinski definition) is 3. The maximum atomic E-state index is 11.3. The van der Waals surface area contributed by atoms with Gasteiger partial charge in [-0.1, -0.05) is 6.08 Å². The van der Waals surface area contributed by atoms with E-state index in [9.17, 15) is 9.59 Å². The molecule has 0 aromatic heterocycles. The largest absolute Gasteiger partial charge is 0.469 e. The maximum absolute atomic E-state index is 11.3. The van der Waals surface area contributed by atoms with Crippen molar-refractivity contribution in [2.24, 2.45) is 5.41 Å². The Hall–Kier alpha value is -1.12. The van der Waals surface area contributed by atoms with Crippen molar-refractivity contribution >= 4 is 12.3 Å². The molecular formula is C10H14O3. The summed E-state index contributed by atoms with van der Waals surface area (Å²) in [6, 6.07) is 0. The summed E-state index contributed by atoms with van der Waals surface area (Å²) in [4.78, 5) is 21.8. The second-order valence-corrected chi connectivity index (χ2v) is 3.65. The van der Waals surface area contributed by atoms with Crippen molar-refractivity contribution in [1.82, 2.24) is 0 Å². The molecule has 0 aromatic carbocycles. The molecule has 13 heavy (non-hydrogen) atoms. The predicted molar refractivity (Wildman–Crippen MR) is 48.1 cm³/mol. The first-order valence-corrected chi connectivity index (χ1v) is 4.35. The molecule has 1 rings (SSSR count). The minimum Gasteiger partial charge on any atom is -0.469 e. The highest BCUT2D eigenvalue weighted by molar-refractivity contribution is 5.79. The van der Waals surface area contributed by atoms with E-state index in [1.165, 1.54) is 7.11 Å². The van der Waals surface area contributed by atoms with E-state index in [1.54, 1.807) is 0 Å². The molecule has 3 nitrogen and oxygen atoms in total. The van der Waals surface area contributed by atoms with Gasteiger partial charge >= 0.3 is 5.97 Å². The van der Waals surface area contributed by atoms with Crippen LogP contribution in [0.2, 0.25) is 0 Å². The van der Waals surface area contributed by atoms with Gasteiger partial charge in [0, 0.05) is 0 Å². The molecule has 3 heteroatoms. The fraction of sp³-hybridized carbons (Fsp3) is 0.600. The molecule has 0 aromatic rings. The number of carbonyl (C=O) groups excluding carboxylic acids is 2.